The highest BCUT2D eigenvalue weighted by molar-refractivity contribution is 7.17. The standard InChI is InChI=1S/C19H19ClN2O5S/c1-10(27-18(24)12-7-5-9-21-15(12)20)16(23)22-17-14(19(25)26-2)11-6-3-4-8-13(11)28-17/h5,7,9-10H,3-4,6,8H2,1-2H3,(H,22,23). The number of hydrogen-bond acceptors (Lipinski definition) is 7. The Bertz CT molecular complexity index is 927. The lowest BCUT2D eigenvalue weighted by Crippen LogP contribution is -2.30. The van der Waals surface area contributed by atoms with Gasteiger partial charge in [-0.2, -0.15) is 0 Å². The Balaban J connectivity index is 1.75. The summed E-state index contributed by atoms with van der Waals surface area (Å²) in [5, 5.41) is 3.13. The van der Waals surface area contributed by atoms with Gasteiger partial charge in [-0.05, 0) is 50.3 Å². The summed E-state index contributed by atoms with van der Waals surface area (Å²) < 4.78 is 10.1. The van der Waals surface area contributed by atoms with Crippen LogP contribution in [-0.2, 0) is 27.1 Å². The number of pyridine rings is 1. The lowest BCUT2D eigenvalue weighted by Gasteiger charge is -2.14. The van der Waals surface area contributed by atoms with Crippen molar-refractivity contribution < 1.29 is 23.9 Å². The van der Waals surface area contributed by atoms with Crippen molar-refractivity contribution in [1.29, 1.82) is 0 Å². The Hall–Kier alpha value is -2.45. The highest BCUT2D eigenvalue weighted by Crippen LogP contribution is 2.38. The number of hydrogen-bond donors (Lipinski definition) is 1. The smallest absolute Gasteiger partial charge is 0.342 e. The molecule has 28 heavy (non-hydrogen) atoms. The van der Waals surface area contributed by atoms with Gasteiger partial charge in [0, 0.05) is 11.1 Å². The van der Waals surface area contributed by atoms with Crippen LogP contribution in [0.5, 0.6) is 0 Å². The van der Waals surface area contributed by atoms with Gasteiger partial charge < -0.3 is 14.8 Å². The molecule has 1 atom stereocenters. The first-order valence-corrected chi connectivity index (χ1v) is 9.97. The van der Waals surface area contributed by atoms with E-state index in [1.807, 2.05) is 0 Å². The third kappa shape index (κ3) is 4.18. The molecule has 0 fully saturated rings. The van der Waals surface area contributed by atoms with E-state index in [1.54, 1.807) is 6.07 Å². The summed E-state index contributed by atoms with van der Waals surface area (Å²) in [5.41, 5.74) is 1.40. The normalized spacial score (nSPS) is 14.0. The molecule has 1 unspecified atom stereocenters. The SMILES string of the molecule is COC(=O)c1c(NC(=O)C(C)OC(=O)c2cccnc2Cl)sc2c1CCCC2. The molecule has 0 aromatic carbocycles. The van der Waals surface area contributed by atoms with Crippen molar-refractivity contribution in [3.63, 3.8) is 0 Å². The fraction of sp³-hybridized carbons (Fsp3) is 0.368. The van der Waals surface area contributed by atoms with Gasteiger partial charge in [-0.25, -0.2) is 14.6 Å². The molecule has 148 valence electrons. The summed E-state index contributed by atoms with van der Waals surface area (Å²) in [6, 6.07) is 3.01. The number of rotatable bonds is 5. The molecule has 1 aliphatic rings. The second kappa shape index (κ2) is 8.70. The minimum Gasteiger partial charge on any atom is -0.465 e. The number of ether oxygens (including phenoxy) is 2. The van der Waals surface area contributed by atoms with Crippen molar-refractivity contribution in [3.8, 4) is 0 Å². The number of aromatic nitrogens is 1. The number of anilines is 1. The van der Waals surface area contributed by atoms with Crippen LogP contribution in [0.3, 0.4) is 0 Å². The lowest BCUT2D eigenvalue weighted by atomic mass is 9.95. The Morgan fingerprint density at radius 3 is 2.71 bits per heavy atom. The molecule has 1 amide bonds. The molecule has 1 aliphatic carbocycles. The summed E-state index contributed by atoms with van der Waals surface area (Å²) >= 11 is 7.24. The quantitative estimate of drug-likeness (QED) is 0.583. The topological polar surface area (TPSA) is 94.6 Å². The molecule has 2 aromatic heterocycles. The van der Waals surface area contributed by atoms with Crippen LogP contribution in [0.4, 0.5) is 5.00 Å². The first-order valence-electron chi connectivity index (χ1n) is 8.77. The second-order valence-electron chi connectivity index (χ2n) is 6.29. The number of fused-ring (bicyclic) bond motifs is 1. The van der Waals surface area contributed by atoms with Crippen molar-refractivity contribution >= 4 is 45.8 Å². The van der Waals surface area contributed by atoms with E-state index in [-0.39, 0.29) is 10.7 Å². The average Bonchev–Trinajstić information content (AvgIpc) is 3.05. The number of carbonyl (C=O) groups is 3. The van der Waals surface area contributed by atoms with Gasteiger partial charge in [0.2, 0.25) is 0 Å². The predicted molar refractivity (Wildman–Crippen MR) is 105 cm³/mol. The molecule has 0 saturated carbocycles. The second-order valence-corrected chi connectivity index (χ2v) is 7.75. The summed E-state index contributed by atoms with van der Waals surface area (Å²) in [5.74, 6) is -1.78. The fourth-order valence-electron chi connectivity index (χ4n) is 3.00. The van der Waals surface area contributed by atoms with Crippen LogP contribution in [0, 0.1) is 0 Å². The minimum atomic E-state index is -1.09. The van der Waals surface area contributed by atoms with Crippen LogP contribution in [0.25, 0.3) is 0 Å². The van der Waals surface area contributed by atoms with Crippen molar-refractivity contribution in [1.82, 2.24) is 4.98 Å². The van der Waals surface area contributed by atoms with Gasteiger partial charge in [-0.1, -0.05) is 11.6 Å². The predicted octanol–water partition coefficient (Wildman–Crippen LogP) is 3.65. The number of nitrogens with one attached hydrogen (secondary N) is 1. The van der Waals surface area contributed by atoms with Gasteiger partial charge in [0.25, 0.3) is 5.91 Å². The number of halogens is 1. The fourth-order valence-corrected chi connectivity index (χ4v) is 4.48. The van der Waals surface area contributed by atoms with Crippen LogP contribution < -0.4 is 5.32 Å². The van der Waals surface area contributed by atoms with E-state index in [4.69, 9.17) is 21.1 Å². The van der Waals surface area contributed by atoms with Crippen LogP contribution in [-0.4, -0.2) is 36.0 Å². The van der Waals surface area contributed by atoms with Gasteiger partial charge in [0.15, 0.2) is 6.10 Å². The molecule has 0 saturated heterocycles. The molecule has 2 heterocycles. The largest absolute Gasteiger partial charge is 0.465 e. The van der Waals surface area contributed by atoms with Gasteiger partial charge in [0.05, 0.1) is 18.2 Å². The van der Waals surface area contributed by atoms with Crippen molar-refractivity contribution in [2.45, 2.75) is 38.7 Å². The van der Waals surface area contributed by atoms with E-state index in [2.05, 4.69) is 10.3 Å². The first kappa shape index (κ1) is 20.3. The lowest BCUT2D eigenvalue weighted by molar-refractivity contribution is -0.123. The number of thiophene rings is 1. The maximum Gasteiger partial charge on any atom is 0.342 e. The maximum absolute atomic E-state index is 12.6. The van der Waals surface area contributed by atoms with Crippen LogP contribution in [0.2, 0.25) is 5.15 Å². The van der Waals surface area contributed by atoms with E-state index < -0.39 is 23.9 Å². The summed E-state index contributed by atoms with van der Waals surface area (Å²) in [7, 11) is 1.31. The highest BCUT2D eigenvalue weighted by atomic mass is 35.5. The minimum absolute atomic E-state index is 0.000910. The summed E-state index contributed by atoms with van der Waals surface area (Å²) in [6.07, 6.45) is 4.03. The van der Waals surface area contributed by atoms with E-state index >= 15 is 0 Å². The zero-order valence-electron chi connectivity index (χ0n) is 15.4. The molecular weight excluding hydrogens is 404 g/mol. The molecule has 2 aromatic rings. The van der Waals surface area contributed by atoms with Crippen LogP contribution >= 0.6 is 22.9 Å². The van der Waals surface area contributed by atoms with Crippen molar-refractivity contribution in [3.05, 3.63) is 45.1 Å². The third-order valence-electron chi connectivity index (χ3n) is 4.43. The number of methoxy groups -OCH3 is 1. The molecule has 0 radical (unpaired) electrons. The monoisotopic (exact) mass is 422 g/mol. The van der Waals surface area contributed by atoms with E-state index in [0.29, 0.717) is 10.6 Å². The Labute approximate surface area is 171 Å². The number of aryl methyl sites for hydroxylation is 1. The zero-order chi connectivity index (χ0) is 20.3. The average molecular weight is 423 g/mol. The Morgan fingerprint density at radius 2 is 2.00 bits per heavy atom. The van der Waals surface area contributed by atoms with Crippen molar-refractivity contribution in [2.24, 2.45) is 0 Å². The number of carbonyl (C=O) groups excluding carboxylic acids is 3. The molecular formula is C19H19ClN2O5S. The third-order valence-corrected chi connectivity index (χ3v) is 5.94. The zero-order valence-corrected chi connectivity index (χ0v) is 17.0. The number of amides is 1. The molecule has 0 aliphatic heterocycles. The maximum atomic E-state index is 12.6. The van der Waals surface area contributed by atoms with Gasteiger partial charge >= 0.3 is 11.9 Å². The first-order chi connectivity index (χ1) is 13.4. The van der Waals surface area contributed by atoms with Crippen LogP contribution in [0.15, 0.2) is 18.3 Å². The van der Waals surface area contributed by atoms with E-state index in [9.17, 15) is 14.4 Å². The summed E-state index contributed by atoms with van der Waals surface area (Å²) in [4.78, 5) is 41.9. The Kier molecular flexibility index (Phi) is 6.31. The van der Waals surface area contributed by atoms with Crippen LogP contribution in [0.1, 0.15) is 50.9 Å². The molecule has 3 rings (SSSR count). The van der Waals surface area contributed by atoms with Gasteiger partial charge in [-0.3, -0.25) is 4.79 Å². The molecule has 7 nitrogen and oxygen atoms in total. The van der Waals surface area contributed by atoms with Gasteiger partial charge in [0.1, 0.15) is 10.2 Å². The van der Waals surface area contributed by atoms with E-state index in [0.717, 1.165) is 36.1 Å². The van der Waals surface area contributed by atoms with E-state index in [1.165, 1.54) is 37.6 Å². The summed E-state index contributed by atoms with van der Waals surface area (Å²) in [6.45, 7) is 1.45. The van der Waals surface area contributed by atoms with Gasteiger partial charge in [-0.15, -0.1) is 11.3 Å². The number of nitrogens with zero attached hydrogens (tertiary/aromatic N) is 1. The molecule has 0 bridgehead atoms. The number of esters is 2. The molecule has 9 heteroatoms. The molecule has 1 N–H and O–H groups in total. The molecule has 0 spiro atoms. The Morgan fingerprint density at radius 1 is 1.25 bits per heavy atom. The van der Waals surface area contributed by atoms with Crippen molar-refractivity contribution in [2.75, 3.05) is 12.4 Å². The highest BCUT2D eigenvalue weighted by Gasteiger charge is 2.29.